The molecule has 0 amide bonds. The normalized spacial score (nSPS) is 15.0. The van der Waals surface area contributed by atoms with E-state index in [1.807, 2.05) is 0 Å². The van der Waals surface area contributed by atoms with Crippen LogP contribution in [0.5, 0.6) is 0 Å². The van der Waals surface area contributed by atoms with E-state index in [0.29, 0.717) is 5.92 Å². The van der Waals surface area contributed by atoms with Gasteiger partial charge in [0.15, 0.2) is 0 Å². The van der Waals surface area contributed by atoms with E-state index in [1.165, 1.54) is 28.1 Å². The second kappa shape index (κ2) is 6.12. The minimum Gasteiger partial charge on any atom is -0.312 e. The Morgan fingerprint density at radius 1 is 1.17 bits per heavy atom. The smallest absolute Gasteiger partial charge is 0.0697 e. The molecule has 0 atom stereocenters. The summed E-state index contributed by atoms with van der Waals surface area (Å²) in [5.74, 6) is 0.480. The molecule has 124 valence electrons. The summed E-state index contributed by atoms with van der Waals surface area (Å²) in [7, 11) is 0. The molecular weight excluding hydrogens is 282 g/mol. The van der Waals surface area contributed by atoms with Gasteiger partial charge in [0.1, 0.15) is 0 Å². The van der Waals surface area contributed by atoms with Gasteiger partial charge in [-0.3, -0.25) is 4.68 Å². The summed E-state index contributed by atoms with van der Waals surface area (Å²) in [4.78, 5) is 0. The SMILES string of the molecule is CC(C)c1nn(Cc2ccc(C(C)(C)C)cc2)c2c1CNCC2. The van der Waals surface area contributed by atoms with Crippen molar-refractivity contribution in [3.8, 4) is 0 Å². The molecular formula is C20H29N3. The lowest BCUT2D eigenvalue weighted by Crippen LogP contribution is -2.25. The van der Waals surface area contributed by atoms with Crippen LogP contribution < -0.4 is 5.32 Å². The summed E-state index contributed by atoms with van der Waals surface area (Å²) in [6, 6.07) is 9.03. The van der Waals surface area contributed by atoms with E-state index >= 15 is 0 Å². The molecule has 1 aromatic heterocycles. The van der Waals surface area contributed by atoms with Crippen LogP contribution in [0.25, 0.3) is 0 Å². The zero-order valence-corrected chi connectivity index (χ0v) is 15.1. The van der Waals surface area contributed by atoms with E-state index in [2.05, 4.69) is 68.9 Å². The van der Waals surface area contributed by atoms with E-state index < -0.39 is 0 Å². The Kier molecular flexibility index (Phi) is 4.33. The summed E-state index contributed by atoms with van der Waals surface area (Å²) in [6.07, 6.45) is 1.08. The van der Waals surface area contributed by atoms with Gasteiger partial charge in [-0.1, -0.05) is 58.9 Å². The van der Waals surface area contributed by atoms with E-state index in [-0.39, 0.29) is 5.41 Å². The van der Waals surface area contributed by atoms with E-state index in [0.717, 1.165) is 26.1 Å². The van der Waals surface area contributed by atoms with Gasteiger partial charge in [0.05, 0.1) is 12.2 Å². The highest BCUT2D eigenvalue weighted by Gasteiger charge is 2.22. The number of hydrogen-bond donors (Lipinski definition) is 1. The first kappa shape index (κ1) is 16.3. The molecule has 1 aromatic carbocycles. The standard InChI is InChI=1S/C20H29N3/c1-14(2)19-17-12-21-11-10-18(17)23(22-19)13-15-6-8-16(9-7-15)20(3,4)5/h6-9,14,21H,10-13H2,1-5H3. The first-order valence-corrected chi connectivity index (χ1v) is 8.75. The third kappa shape index (κ3) is 3.35. The largest absolute Gasteiger partial charge is 0.312 e. The van der Waals surface area contributed by atoms with Crippen LogP contribution in [0, 0.1) is 0 Å². The number of nitrogens with zero attached hydrogens (tertiary/aromatic N) is 2. The third-order valence-electron chi connectivity index (χ3n) is 4.74. The minimum absolute atomic E-state index is 0.208. The van der Waals surface area contributed by atoms with E-state index in [1.54, 1.807) is 0 Å². The maximum atomic E-state index is 4.93. The van der Waals surface area contributed by atoms with Gasteiger partial charge < -0.3 is 5.32 Å². The van der Waals surface area contributed by atoms with E-state index in [4.69, 9.17) is 5.10 Å². The fourth-order valence-corrected chi connectivity index (χ4v) is 3.32. The van der Waals surface area contributed by atoms with Crippen molar-refractivity contribution >= 4 is 0 Å². The van der Waals surface area contributed by atoms with Gasteiger partial charge >= 0.3 is 0 Å². The second-order valence-electron chi connectivity index (χ2n) is 8.00. The Hall–Kier alpha value is -1.61. The quantitative estimate of drug-likeness (QED) is 0.928. The van der Waals surface area contributed by atoms with Crippen LogP contribution in [-0.2, 0) is 24.9 Å². The van der Waals surface area contributed by atoms with Gasteiger partial charge in [-0.15, -0.1) is 0 Å². The van der Waals surface area contributed by atoms with Gasteiger partial charge in [-0.05, 0) is 22.5 Å². The molecule has 0 saturated heterocycles. The number of hydrogen-bond acceptors (Lipinski definition) is 2. The lowest BCUT2D eigenvalue weighted by atomic mass is 9.87. The highest BCUT2D eigenvalue weighted by molar-refractivity contribution is 5.32. The van der Waals surface area contributed by atoms with Crippen LogP contribution >= 0.6 is 0 Å². The first-order valence-electron chi connectivity index (χ1n) is 8.75. The third-order valence-corrected chi connectivity index (χ3v) is 4.74. The molecule has 3 nitrogen and oxygen atoms in total. The van der Waals surface area contributed by atoms with Crippen molar-refractivity contribution < 1.29 is 0 Å². The van der Waals surface area contributed by atoms with Crippen molar-refractivity contribution in [1.82, 2.24) is 15.1 Å². The van der Waals surface area contributed by atoms with Crippen molar-refractivity contribution in [2.24, 2.45) is 0 Å². The van der Waals surface area contributed by atoms with Crippen molar-refractivity contribution in [2.45, 2.75) is 65.5 Å². The molecule has 0 radical (unpaired) electrons. The average molecular weight is 311 g/mol. The van der Waals surface area contributed by atoms with Crippen molar-refractivity contribution in [3.05, 3.63) is 52.3 Å². The highest BCUT2D eigenvalue weighted by Crippen LogP contribution is 2.26. The van der Waals surface area contributed by atoms with Crippen LogP contribution in [0.4, 0.5) is 0 Å². The van der Waals surface area contributed by atoms with Crippen LogP contribution in [0.1, 0.15) is 68.6 Å². The van der Waals surface area contributed by atoms with Crippen LogP contribution in [0.3, 0.4) is 0 Å². The Bertz CT molecular complexity index is 672. The highest BCUT2D eigenvalue weighted by atomic mass is 15.3. The molecule has 1 aliphatic rings. The van der Waals surface area contributed by atoms with Crippen LogP contribution in [-0.4, -0.2) is 16.3 Å². The maximum absolute atomic E-state index is 4.93. The lowest BCUT2D eigenvalue weighted by molar-refractivity contribution is 0.579. The molecule has 0 spiro atoms. The number of nitrogens with one attached hydrogen (secondary N) is 1. The number of rotatable bonds is 3. The average Bonchev–Trinajstić information content (AvgIpc) is 2.86. The van der Waals surface area contributed by atoms with Gasteiger partial charge in [-0.25, -0.2) is 0 Å². The monoisotopic (exact) mass is 311 g/mol. The molecule has 2 aromatic rings. The van der Waals surface area contributed by atoms with Gasteiger partial charge in [0, 0.05) is 30.8 Å². The maximum Gasteiger partial charge on any atom is 0.0697 e. The molecule has 0 unspecified atom stereocenters. The summed E-state index contributed by atoms with van der Waals surface area (Å²) in [5.41, 5.74) is 7.04. The van der Waals surface area contributed by atoms with Gasteiger partial charge in [0.2, 0.25) is 0 Å². The molecule has 0 aliphatic carbocycles. The molecule has 0 saturated carbocycles. The topological polar surface area (TPSA) is 29.9 Å². The Labute approximate surface area is 140 Å². The first-order chi connectivity index (χ1) is 10.9. The molecule has 0 bridgehead atoms. The second-order valence-corrected chi connectivity index (χ2v) is 8.00. The molecule has 23 heavy (non-hydrogen) atoms. The fraction of sp³-hybridized carbons (Fsp3) is 0.550. The van der Waals surface area contributed by atoms with Crippen molar-refractivity contribution in [1.29, 1.82) is 0 Å². The molecule has 1 N–H and O–H groups in total. The zero-order valence-electron chi connectivity index (χ0n) is 15.1. The zero-order chi connectivity index (χ0) is 16.6. The predicted molar refractivity (Wildman–Crippen MR) is 96.0 cm³/mol. The summed E-state index contributed by atoms with van der Waals surface area (Å²) in [6.45, 7) is 14.1. The van der Waals surface area contributed by atoms with Crippen LogP contribution in [0.2, 0.25) is 0 Å². The van der Waals surface area contributed by atoms with Crippen molar-refractivity contribution in [2.75, 3.05) is 6.54 Å². The van der Waals surface area contributed by atoms with Crippen molar-refractivity contribution in [3.63, 3.8) is 0 Å². The molecule has 2 heterocycles. The van der Waals surface area contributed by atoms with Gasteiger partial charge in [0.25, 0.3) is 0 Å². The summed E-state index contributed by atoms with van der Waals surface area (Å²) < 4.78 is 2.23. The Balaban J connectivity index is 1.88. The molecule has 1 aliphatic heterocycles. The Morgan fingerprint density at radius 3 is 2.48 bits per heavy atom. The molecule has 3 heteroatoms. The van der Waals surface area contributed by atoms with Crippen LogP contribution in [0.15, 0.2) is 24.3 Å². The summed E-state index contributed by atoms with van der Waals surface area (Å²) in [5, 5.41) is 8.42. The lowest BCUT2D eigenvalue weighted by Gasteiger charge is -2.19. The summed E-state index contributed by atoms with van der Waals surface area (Å²) >= 11 is 0. The van der Waals surface area contributed by atoms with Gasteiger partial charge in [-0.2, -0.15) is 5.10 Å². The number of aromatic nitrogens is 2. The molecule has 0 fully saturated rings. The Morgan fingerprint density at radius 2 is 1.87 bits per heavy atom. The number of benzene rings is 1. The predicted octanol–water partition coefficient (Wildman–Crippen LogP) is 4.00. The number of fused-ring (bicyclic) bond motifs is 1. The fourth-order valence-electron chi connectivity index (χ4n) is 3.32. The minimum atomic E-state index is 0.208. The van der Waals surface area contributed by atoms with E-state index in [9.17, 15) is 0 Å². The molecule has 3 rings (SSSR count).